The van der Waals surface area contributed by atoms with Gasteiger partial charge in [0.2, 0.25) is 5.91 Å². The number of likely N-dealkylation sites (N-methyl/N-ethyl adjacent to an activating group) is 1. The number of carbonyl (C=O) groups excluding carboxylic acids is 1. The Hall–Kier alpha value is -2.21. The minimum atomic E-state index is -0.305. The van der Waals surface area contributed by atoms with Crippen molar-refractivity contribution < 1.29 is 9.18 Å². The molecule has 22 heavy (non-hydrogen) atoms. The first kappa shape index (κ1) is 16.2. The second-order valence-corrected chi connectivity index (χ2v) is 5.45. The molecule has 0 atom stereocenters. The van der Waals surface area contributed by atoms with Gasteiger partial charge in [0.05, 0.1) is 12.2 Å². The predicted molar refractivity (Wildman–Crippen MR) is 82.6 cm³/mol. The summed E-state index contributed by atoms with van der Waals surface area (Å²) in [5.41, 5.74) is 3.54. The number of rotatable bonds is 6. The van der Waals surface area contributed by atoms with Crippen LogP contribution < -0.4 is 5.32 Å². The quantitative estimate of drug-likeness (QED) is 0.857. The maximum absolute atomic E-state index is 13.5. The van der Waals surface area contributed by atoms with Crippen molar-refractivity contribution in [2.24, 2.45) is 0 Å². The number of nitrogens with zero attached hydrogens (tertiary/aromatic N) is 2. The summed E-state index contributed by atoms with van der Waals surface area (Å²) in [6.45, 7) is 4.98. The predicted octanol–water partition coefficient (Wildman–Crippen LogP) is 1.91. The van der Waals surface area contributed by atoms with Crippen LogP contribution in [0.3, 0.4) is 0 Å². The van der Waals surface area contributed by atoms with Gasteiger partial charge in [-0.05, 0) is 27.0 Å². The summed E-state index contributed by atoms with van der Waals surface area (Å²) in [7, 11) is 1.87. The summed E-state index contributed by atoms with van der Waals surface area (Å²) in [4.78, 5) is 13.8. The standard InChI is InChI=1S/C16H21FN4O/c1-11-14(12(2)20-19-11)9-21(3)10-16(22)18-8-13-6-4-5-7-15(13)17/h4-7H,8-10H2,1-3H3,(H,18,22)(H,19,20). The number of benzene rings is 1. The van der Waals surface area contributed by atoms with Crippen molar-refractivity contribution in [2.45, 2.75) is 26.9 Å². The third kappa shape index (κ3) is 4.14. The minimum absolute atomic E-state index is 0.135. The van der Waals surface area contributed by atoms with Gasteiger partial charge in [-0.3, -0.25) is 14.8 Å². The average molecular weight is 304 g/mol. The lowest BCUT2D eigenvalue weighted by molar-refractivity contribution is -0.122. The van der Waals surface area contributed by atoms with Crippen molar-refractivity contribution in [3.05, 3.63) is 52.6 Å². The molecule has 6 heteroatoms. The van der Waals surface area contributed by atoms with E-state index >= 15 is 0 Å². The van der Waals surface area contributed by atoms with Crippen molar-refractivity contribution in [3.8, 4) is 0 Å². The first-order chi connectivity index (χ1) is 10.5. The third-order valence-electron chi connectivity index (χ3n) is 3.56. The Kier molecular flexibility index (Phi) is 5.27. The van der Waals surface area contributed by atoms with E-state index in [1.165, 1.54) is 6.07 Å². The van der Waals surface area contributed by atoms with Gasteiger partial charge in [0.25, 0.3) is 0 Å². The van der Waals surface area contributed by atoms with Crippen LogP contribution in [0.25, 0.3) is 0 Å². The third-order valence-corrected chi connectivity index (χ3v) is 3.56. The zero-order valence-electron chi connectivity index (χ0n) is 13.1. The number of hydrogen-bond acceptors (Lipinski definition) is 3. The number of carbonyl (C=O) groups is 1. The van der Waals surface area contributed by atoms with Crippen LogP contribution in [0.2, 0.25) is 0 Å². The van der Waals surface area contributed by atoms with E-state index in [-0.39, 0.29) is 24.8 Å². The van der Waals surface area contributed by atoms with Gasteiger partial charge in [-0.25, -0.2) is 4.39 Å². The lowest BCUT2D eigenvalue weighted by Crippen LogP contribution is -2.34. The zero-order valence-corrected chi connectivity index (χ0v) is 13.1. The molecule has 0 bridgehead atoms. The molecule has 2 rings (SSSR count). The molecule has 1 aromatic heterocycles. The Balaban J connectivity index is 1.83. The van der Waals surface area contributed by atoms with Crippen LogP contribution in [0.1, 0.15) is 22.5 Å². The van der Waals surface area contributed by atoms with Crippen LogP contribution in [0, 0.1) is 19.7 Å². The van der Waals surface area contributed by atoms with Crippen molar-refractivity contribution in [2.75, 3.05) is 13.6 Å². The van der Waals surface area contributed by atoms with E-state index in [4.69, 9.17) is 0 Å². The van der Waals surface area contributed by atoms with E-state index in [2.05, 4.69) is 15.5 Å². The molecule has 0 radical (unpaired) electrons. The molecular weight excluding hydrogens is 283 g/mol. The Morgan fingerprint density at radius 3 is 2.73 bits per heavy atom. The van der Waals surface area contributed by atoms with Gasteiger partial charge in [0.1, 0.15) is 5.82 Å². The van der Waals surface area contributed by atoms with Gasteiger partial charge < -0.3 is 5.32 Å². The molecule has 0 saturated carbocycles. The maximum Gasteiger partial charge on any atom is 0.234 e. The minimum Gasteiger partial charge on any atom is -0.351 e. The summed E-state index contributed by atoms with van der Waals surface area (Å²) < 4.78 is 13.5. The molecule has 0 fully saturated rings. The largest absolute Gasteiger partial charge is 0.351 e. The van der Waals surface area contributed by atoms with E-state index in [1.807, 2.05) is 25.8 Å². The molecule has 0 unspecified atom stereocenters. The number of aryl methyl sites for hydroxylation is 2. The van der Waals surface area contributed by atoms with E-state index < -0.39 is 0 Å². The van der Waals surface area contributed by atoms with Crippen LogP contribution in [-0.2, 0) is 17.9 Å². The molecule has 0 saturated heterocycles. The van der Waals surface area contributed by atoms with Crippen LogP contribution in [0.15, 0.2) is 24.3 Å². The number of halogens is 1. The fourth-order valence-corrected chi connectivity index (χ4v) is 2.27. The van der Waals surface area contributed by atoms with E-state index in [9.17, 15) is 9.18 Å². The lowest BCUT2D eigenvalue weighted by Gasteiger charge is -2.16. The number of aromatic amines is 1. The molecule has 0 aliphatic rings. The molecule has 1 amide bonds. The topological polar surface area (TPSA) is 61.0 Å². The molecule has 0 spiro atoms. The van der Waals surface area contributed by atoms with Crippen molar-refractivity contribution in [3.63, 3.8) is 0 Å². The Morgan fingerprint density at radius 2 is 2.09 bits per heavy atom. The van der Waals surface area contributed by atoms with Gasteiger partial charge in [-0.2, -0.15) is 5.10 Å². The Labute approximate surface area is 129 Å². The number of hydrogen-bond donors (Lipinski definition) is 2. The van der Waals surface area contributed by atoms with E-state index in [0.29, 0.717) is 12.1 Å². The van der Waals surface area contributed by atoms with Crippen molar-refractivity contribution in [1.29, 1.82) is 0 Å². The number of H-pyrrole nitrogens is 1. The molecule has 5 nitrogen and oxygen atoms in total. The van der Waals surface area contributed by atoms with Gasteiger partial charge in [0, 0.05) is 29.9 Å². The lowest BCUT2D eigenvalue weighted by atomic mass is 10.2. The molecule has 2 N–H and O–H groups in total. The van der Waals surface area contributed by atoms with Crippen molar-refractivity contribution in [1.82, 2.24) is 20.4 Å². The second-order valence-electron chi connectivity index (χ2n) is 5.45. The van der Waals surface area contributed by atoms with Crippen LogP contribution >= 0.6 is 0 Å². The number of aromatic nitrogens is 2. The summed E-state index contributed by atoms with van der Waals surface area (Å²) >= 11 is 0. The molecule has 2 aromatic rings. The van der Waals surface area contributed by atoms with E-state index in [0.717, 1.165) is 17.0 Å². The molecular formula is C16H21FN4O. The van der Waals surface area contributed by atoms with Crippen molar-refractivity contribution >= 4 is 5.91 Å². The van der Waals surface area contributed by atoms with Crippen LogP contribution in [-0.4, -0.2) is 34.6 Å². The summed E-state index contributed by atoms with van der Waals surface area (Å²) in [6.07, 6.45) is 0. The molecule has 0 aliphatic heterocycles. The van der Waals surface area contributed by atoms with Gasteiger partial charge >= 0.3 is 0 Å². The molecule has 0 aliphatic carbocycles. The van der Waals surface area contributed by atoms with E-state index in [1.54, 1.807) is 18.2 Å². The second kappa shape index (κ2) is 7.17. The number of amides is 1. The molecule has 118 valence electrons. The highest BCUT2D eigenvalue weighted by Gasteiger charge is 2.12. The van der Waals surface area contributed by atoms with Gasteiger partial charge in [0.15, 0.2) is 0 Å². The van der Waals surface area contributed by atoms with Gasteiger partial charge in [-0.1, -0.05) is 18.2 Å². The fraction of sp³-hybridized carbons (Fsp3) is 0.375. The first-order valence-electron chi connectivity index (χ1n) is 7.16. The Morgan fingerprint density at radius 1 is 1.36 bits per heavy atom. The summed E-state index contributed by atoms with van der Waals surface area (Å²) in [5, 5.41) is 9.81. The van der Waals surface area contributed by atoms with Crippen LogP contribution in [0.4, 0.5) is 4.39 Å². The van der Waals surface area contributed by atoms with Gasteiger partial charge in [-0.15, -0.1) is 0 Å². The monoisotopic (exact) mass is 304 g/mol. The number of nitrogens with one attached hydrogen (secondary N) is 2. The Bertz CT molecular complexity index is 634. The highest BCUT2D eigenvalue weighted by atomic mass is 19.1. The summed E-state index contributed by atoms with van der Waals surface area (Å²) in [6, 6.07) is 6.43. The SMILES string of the molecule is Cc1n[nH]c(C)c1CN(C)CC(=O)NCc1ccccc1F. The summed E-state index contributed by atoms with van der Waals surface area (Å²) in [5.74, 6) is -0.439. The highest BCUT2D eigenvalue weighted by molar-refractivity contribution is 5.77. The normalized spacial score (nSPS) is 11.0. The molecule has 1 aromatic carbocycles. The fourth-order valence-electron chi connectivity index (χ4n) is 2.27. The molecule has 1 heterocycles. The smallest absolute Gasteiger partial charge is 0.234 e. The van der Waals surface area contributed by atoms with Crippen LogP contribution in [0.5, 0.6) is 0 Å². The average Bonchev–Trinajstić information content (AvgIpc) is 2.78. The zero-order chi connectivity index (χ0) is 16.1. The highest BCUT2D eigenvalue weighted by Crippen LogP contribution is 2.11. The first-order valence-corrected chi connectivity index (χ1v) is 7.16. The maximum atomic E-state index is 13.5.